The summed E-state index contributed by atoms with van der Waals surface area (Å²) in [5, 5.41) is 8.89. The Morgan fingerprint density at radius 1 is 1.28 bits per heavy atom. The van der Waals surface area contributed by atoms with E-state index in [-0.39, 0.29) is 12.5 Å². The van der Waals surface area contributed by atoms with Crippen LogP contribution in [0.3, 0.4) is 0 Å². The number of hydrogen-bond acceptors (Lipinski definition) is 4. The maximum atomic E-state index is 11.9. The molecule has 0 aliphatic rings. The van der Waals surface area contributed by atoms with Crippen LogP contribution >= 0.6 is 0 Å². The zero-order valence-corrected chi connectivity index (χ0v) is 14.7. The molecule has 7 heteroatoms. The molecule has 3 N–H and O–H groups in total. The van der Waals surface area contributed by atoms with Crippen molar-refractivity contribution >= 4 is 17.6 Å². The Balaban J connectivity index is 1.84. The topological polar surface area (TPSA) is 87.6 Å². The number of methoxy groups -OCH3 is 1. The van der Waals surface area contributed by atoms with Gasteiger partial charge in [0.15, 0.2) is 5.96 Å². The van der Waals surface area contributed by atoms with Crippen LogP contribution in [0.4, 0.5) is 5.69 Å². The predicted molar refractivity (Wildman–Crippen MR) is 98.8 cm³/mol. The number of nitrogens with zero attached hydrogens (tertiary/aromatic N) is 2. The highest BCUT2D eigenvalue weighted by atomic mass is 16.5. The van der Waals surface area contributed by atoms with Crippen molar-refractivity contribution in [3.63, 3.8) is 0 Å². The average molecular weight is 341 g/mol. The monoisotopic (exact) mass is 341 g/mol. The summed E-state index contributed by atoms with van der Waals surface area (Å²) in [6.45, 7) is 2.65. The second-order valence-electron chi connectivity index (χ2n) is 5.38. The van der Waals surface area contributed by atoms with Gasteiger partial charge in [-0.1, -0.05) is 12.1 Å². The van der Waals surface area contributed by atoms with E-state index in [4.69, 9.17) is 4.74 Å². The first-order chi connectivity index (χ1) is 12.1. The lowest BCUT2D eigenvalue weighted by Crippen LogP contribution is -2.41. The van der Waals surface area contributed by atoms with Gasteiger partial charge in [0.05, 0.1) is 25.5 Å². The van der Waals surface area contributed by atoms with Gasteiger partial charge in [0.1, 0.15) is 5.75 Å². The van der Waals surface area contributed by atoms with Crippen LogP contribution in [-0.4, -0.2) is 37.6 Å². The van der Waals surface area contributed by atoms with Crippen LogP contribution in [-0.2, 0) is 11.3 Å². The minimum atomic E-state index is -0.177. The minimum Gasteiger partial charge on any atom is -0.496 e. The van der Waals surface area contributed by atoms with Gasteiger partial charge in [-0.05, 0) is 30.7 Å². The van der Waals surface area contributed by atoms with Gasteiger partial charge in [0, 0.05) is 25.4 Å². The predicted octanol–water partition coefficient (Wildman–Crippen LogP) is 1.70. The number of nitrogens with one attached hydrogen (secondary N) is 3. The Morgan fingerprint density at radius 2 is 2.12 bits per heavy atom. The lowest BCUT2D eigenvalue weighted by molar-refractivity contribution is -0.115. The summed E-state index contributed by atoms with van der Waals surface area (Å²) in [6.07, 6.45) is 3.24. The number of pyridine rings is 1. The van der Waals surface area contributed by atoms with Crippen LogP contribution in [0.1, 0.15) is 11.1 Å². The Labute approximate surface area is 147 Å². The molecule has 0 fully saturated rings. The summed E-state index contributed by atoms with van der Waals surface area (Å²) in [5.74, 6) is 1.17. The summed E-state index contributed by atoms with van der Waals surface area (Å²) in [6, 6.07) is 9.55. The molecule has 132 valence electrons. The van der Waals surface area contributed by atoms with E-state index in [0.29, 0.717) is 18.2 Å². The number of aromatic nitrogens is 1. The molecule has 0 radical (unpaired) electrons. The lowest BCUT2D eigenvalue weighted by atomic mass is 10.1. The molecule has 0 saturated carbocycles. The van der Waals surface area contributed by atoms with Crippen LogP contribution in [0.5, 0.6) is 5.75 Å². The quantitative estimate of drug-likeness (QED) is 0.550. The maximum Gasteiger partial charge on any atom is 0.243 e. The van der Waals surface area contributed by atoms with Crippen molar-refractivity contribution in [3.05, 3.63) is 53.9 Å². The average Bonchev–Trinajstić information content (AvgIpc) is 2.63. The summed E-state index contributed by atoms with van der Waals surface area (Å²) in [4.78, 5) is 20.0. The third-order valence-electron chi connectivity index (χ3n) is 3.47. The number of benzene rings is 1. The van der Waals surface area contributed by atoms with E-state index in [0.717, 1.165) is 16.9 Å². The third-order valence-corrected chi connectivity index (χ3v) is 3.47. The Hall–Kier alpha value is -3.09. The first kappa shape index (κ1) is 18.3. The first-order valence-electron chi connectivity index (χ1n) is 7.90. The number of guanidine groups is 1. The molecule has 1 amide bonds. The highest BCUT2D eigenvalue weighted by molar-refractivity contribution is 5.94. The van der Waals surface area contributed by atoms with Gasteiger partial charge >= 0.3 is 0 Å². The normalized spacial score (nSPS) is 10.9. The number of rotatable bonds is 6. The molecule has 1 aromatic heterocycles. The van der Waals surface area contributed by atoms with Crippen molar-refractivity contribution in [2.45, 2.75) is 13.5 Å². The van der Waals surface area contributed by atoms with Crippen LogP contribution in [0.15, 0.2) is 47.7 Å². The number of carbonyl (C=O) groups excluding carboxylic acids is 1. The largest absolute Gasteiger partial charge is 0.496 e. The number of aryl methyl sites for hydroxylation is 1. The zero-order valence-electron chi connectivity index (χ0n) is 14.7. The van der Waals surface area contributed by atoms with Gasteiger partial charge in [-0.15, -0.1) is 0 Å². The molecule has 1 aromatic carbocycles. The first-order valence-corrected chi connectivity index (χ1v) is 7.90. The van der Waals surface area contributed by atoms with Crippen LogP contribution < -0.4 is 20.7 Å². The third kappa shape index (κ3) is 5.80. The van der Waals surface area contributed by atoms with Crippen molar-refractivity contribution in [1.82, 2.24) is 15.6 Å². The molecule has 0 saturated heterocycles. The van der Waals surface area contributed by atoms with Crippen molar-refractivity contribution < 1.29 is 9.53 Å². The molecule has 0 atom stereocenters. The van der Waals surface area contributed by atoms with Gasteiger partial charge in [-0.2, -0.15) is 0 Å². The number of aliphatic imine (C=N–C) groups is 1. The van der Waals surface area contributed by atoms with Crippen LogP contribution in [0.2, 0.25) is 0 Å². The highest BCUT2D eigenvalue weighted by Crippen LogP contribution is 2.19. The number of carbonyl (C=O) groups is 1. The second-order valence-corrected chi connectivity index (χ2v) is 5.38. The van der Waals surface area contributed by atoms with Crippen LogP contribution in [0, 0.1) is 6.92 Å². The van der Waals surface area contributed by atoms with Crippen molar-refractivity contribution in [1.29, 1.82) is 0 Å². The molecule has 1 heterocycles. The standard InChI is InChI=1S/C18H23N5O2/c1-13-6-7-14(16(9-13)25-3)10-21-18(19-2)22-12-17(24)23-15-5-4-8-20-11-15/h4-9,11H,10,12H2,1-3H3,(H,23,24)(H2,19,21,22). The van der Waals surface area contributed by atoms with Crippen molar-refractivity contribution in [2.75, 3.05) is 26.0 Å². The SMILES string of the molecule is CN=C(NCC(=O)Nc1cccnc1)NCc1ccc(C)cc1OC. The van der Waals surface area contributed by atoms with E-state index in [1.807, 2.05) is 25.1 Å². The zero-order chi connectivity index (χ0) is 18.1. The Morgan fingerprint density at radius 3 is 2.80 bits per heavy atom. The molecular weight excluding hydrogens is 318 g/mol. The van der Waals surface area contributed by atoms with Gasteiger partial charge in [-0.25, -0.2) is 0 Å². The molecule has 0 aliphatic carbocycles. The van der Waals surface area contributed by atoms with E-state index >= 15 is 0 Å². The molecule has 0 unspecified atom stereocenters. The van der Waals surface area contributed by atoms with Crippen molar-refractivity contribution in [2.24, 2.45) is 4.99 Å². The summed E-state index contributed by atoms with van der Waals surface area (Å²) in [7, 11) is 3.30. The lowest BCUT2D eigenvalue weighted by Gasteiger charge is -2.14. The van der Waals surface area contributed by atoms with Gasteiger partial charge in [0.25, 0.3) is 0 Å². The molecular formula is C18H23N5O2. The van der Waals surface area contributed by atoms with E-state index in [2.05, 4.69) is 25.9 Å². The molecule has 0 spiro atoms. The van der Waals surface area contributed by atoms with Crippen LogP contribution in [0.25, 0.3) is 0 Å². The Kier molecular flexibility index (Phi) is 6.76. The molecule has 0 aliphatic heterocycles. The fourth-order valence-electron chi connectivity index (χ4n) is 2.20. The summed E-state index contributed by atoms with van der Waals surface area (Å²) in [5.41, 5.74) is 2.80. The highest BCUT2D eigenvalue weighted by Gasteiger charge is 2.07. The van der Waals surface area contributed by atoms with E-state index in [1.165, 1.54) is 0 Å². The summed E-state index contributed by atoms with van der Waals surface area (Å²) < 4.78 is 5.39. The maximum absolute atomic E-state index is 11.9. The second kappa shape index (κ2) is 9.27. The molecule has 0 bridgehead atoms. The molecule has 2 aromatic rings. The molecule has 7 nitrogen and oxygen atoms in total. The fourth-order valence-corrected chi connectivity index (χ4v) is 2.20. The Bertz CT molecular complexity index is 732. The van der Waals surface area contributed by atoms with Gasteiger partial charge < -0.3 is 20.7 Å². The number of ether oxygens (including phenoxy) is 1. The number of hydrogen-bond donors (Lipinski definition) is 3. The minimum absolute atomic E-state index is 0.0968. The van der Waals surface area contributed by atoms with E-state index in [9.17, 15) is 4.79 Å². The smallest absolute Gasteiger partial charge is 0.243 e. The number of anilines is 1. The fraction of sp³-hybridized carbons (Fsp3) is 0.278. The molecule has 2 rings (SSSR count). The number of amides is 1. The summed E-state index contributed by atoms with van der Waals surface area (Å²) >= 11 is 0. The van der Waals surface area contributed by atoms with Gasteiger partial charge in [0.2, 0.25) is 5.91 Å². The van der Waals surface area contributed by atoms with Crippen molar-refractivity contribution in [3.8, 4) is 5.75 Å². The van der Waals surface area contributed by atoms with E-state index in [1.54, 1.807) is 38.7 Å². The molecule has 25 heavy (non-hydrogen) atoms. The van der Waals surface area contributed by atoms with Gasteiger partial charge in [-0.3, -0.25) is 14.8 Å². The van der Waals surface area contributed by atoms with E-state index < -0.39 is 0 Å².